The predicted molar refractivity (Wildman–Crippen MR) is 68.2 cm³/mol. The summed E-state index contributed by atoms with van der Waals surface area (Å²) in [6.07, 6.45) is -1.21. The molecule has 0 aromatic heterocycles. The second-order valence-corrected chi connectivity index (χ2v) is 5.62. The molecule has 0 bridgehead atoms. The maximum absolute atomic E-state index is 11.7. The molecule has 7 heteroatoms. The third kappa shape index (κ3) is 5.34. The first kappa shape index (κ1) is 15.6. The summed E-state index contributed by atoms with van der Waals surface area (Å²) >= 11 is 0. The Balaban J connectivity index is 2.56. The maximum Gasteiger partial charge on any atom is 0.407 e. The third-order valence-electron chi connectivity index (χ3n) is 2.74. The second-order valence-electron chi connectivity index (χ2n) is 5.62. The van der Waals surface area contributed by atoms with Gasteiger partial charge in [0.2, 0.25) is 0 Å². The molecule has 2 atom stereocenters. The molecule has 110 valence electrons. The number of likely N-dealkylation sites (tertiary alicyclic amines) is 1. The van der Waals surface area contributed by atoms with Crippen LogP contribution >= 0.6 is 0 Å². The van der Waals surface area contributed by atoms with Gasteiger partial charge >= 0.3 is 12.2 Å². The molecule has 2 amide bonds. The fourth-order valence-corrected chi connectivity index (χ4v) is 1.96. The molecule has 2 unspecified atom stereocenters. The van der Waals surface area contributed by atoms with Gasteiger partial charge in [-0.3, -0.25) is 0 Å². The van der Waals surface area contributed by atoms with E-state index >= 15 is 0 Å². The number of amides is 2. The van der Waals surface area contributed by atoms with Gasteiger partial charge < -0.3 is 24.8 Å². The molecule has 0 aromatic rings. The zero-order chi connectivity index (χ0) is 14.6. The van der Waals surface area contributed by atoms with Gasteiger partial charge in [-0.25, -0.2) is 9.59 Å². The minimum Gasteiger partial charge on any atom is -0.465 e. The molecule has 1 saturated heterocycles. The van der Waals surface area contributed by atoms with Crippen LogP contribution in [0.5, 0.6) is 0 Å². The van der Waals surface area contributed by atoms with Crippen LogP contribution in [0.2, 0.25) is 0 Å². The molecule has 1 rings (SSSR count). The van der Waals surface area contributed by atoms with Crippen molar-refractivity contribution in [1.29, 1.82) is 0 Å². The van der Waals surface area contributed by atoms with E-state index in [9.17, 15) is 9.59 Å². The molecule has 0 aliphatic carbocycles. The van der Waals surface area contributed by atoms with Crippen molar-refractivity contribution in [1.82, 2.24) is 10.2 Å². The van der Waals surface area contributed by atoms with Gasteiger partial charge in [0.25, 0.3) is 0 Å². The summed E-state index contributed by atoms with van der Waals surface area (Å²) in [5.41, 5.74) is -0.577. The molecule has 7 nitrogen and oxygen atoms in total. The number of hydrogen-bond acceptors (Lipinski definition) is 4. The standard InChI is InChI=1S/C12H22N2O5/c1-12(2,3)19-10(15)13-8-5-9(18-4)7-14(6-8)11(16)17/h8-9H,5-7H2,1-4H3,(H,13,15)(H,16,17). The minimum atomic E-state index is -1.02. The zero-order valence-electron chi connectivity index (χ0n) is 11.8. The largest absolute Gasteiger partial charge is 0.465 e. The summed E-state index contributed by atoms with van der Waals surface area (Å²) in [5.74, 6) is 0. The molecule has 0 aromatic carbocycles. The number of piperidine rings is 1. The first-order chi connectivity index (χ1) is 8.71. The summed E-state index contributed by atoms with van der Waals surface area (Å²) in [4.78, 5) is 23.9. The molecule has 1 aliphatic heterocycles. The Morgan fingerprint density at radius 3 is 2.42 bits per heavy atom. The van der Waals surface area contributed by atoms with E-state index < -0.39 is 17.8 Å². The quantitative estimate of drug-likeness (QED) is 0.792. The van der Waals surface area contributed by atoms with E-state index in [0.29, 0.717) is 13.0 Å². The zero-order valence-corrected chi connectivity index (χ0v) is 11.8. The molecule has 1 aliphatic rings. The average molecular weight is 274 g/mol. The van der Waals surface area contributed by atoms with Crippen molar-refractivity contribution in [2.45, 2.75) is 44.9 Å². The normalized spacial score (nSPS) is 23.9. The van der Waals surface area contributed by atoms with Gasteiger partial charge in [0.05, 0.1) is 18.7 Å². The van der Waals surface area contributed by atoms with Crippen molar-refractivity contribution in [3.8, 4) is 0 Å². The number of alkyl carbamates (subject to hydrolysis) is 1. The molecule has 0 spiro atoms. The molecule has 1 heterocycles. The van der Waals surface area contributed by atoms with Gasteiger partial charge in [-0.1, -0.05) is 0 Å². The SMILES string of the molecule is COC1CC(NC(=O)OC(C)(C)C)CN(C(=O)O)C1. The fraction of sp³-hybridized carbons (Fsp3) is 0.833. The van der Waals surface area contributed by atoms with E-state index in [4.69, 9.17) is 14.6 Å². The highest BCUT2D eigenvalue weighted by atomic mass is 16.6. The highest BCUT2D eigenvalue weighted by Crippen LogP contribution is 2.14. The summed E-state index contributed by atoms with van der Waals surface area (Å²) in [5, 5.41) is 11.7. The number of ether oxygens (including phenoxy) is 2. The number of carbonyl (C=O) groups excluding carboxylic acids is 1. The Labute approximate surface area is 112 Å². The van der Waals surface area contributed by atoms with Crippen LogP contribution in [-0.4, -0.2) is 60.1 Å². The number of nitrogens with one attached hydrogen (secondary N) is 1. The van der Waals surface area contributed by atoms with E-state index in [1.807, 2.05) is 0 Å². The topological polar surface area (TPSA) is 88.1 Å². The van der Waals surface area contributed by atoms with Crippen LogP contribution in [0.3, 0.4) is 0 Å². The van der Waals surface area contributed by atoms with Gasteiger partial charge in [-0.2, -0.15) is 0 Å². The molecule has 1 fully saturated rings. The fourth-order valence-electron chi connectivity index (χ4n) is 1.96. The lowest BCUT2D eigenvalue weighted by molar-refractivity contribution is 0.0131. The van der Waals surface area contributed by atoms with Gasteiger partial charge in [0, 0.05) is 13.7 Å². The lowest BCUT2D eigenvalue weighted by Gasteiger charge is -2.36. The summed E-state index contributed by atoms with van der Waals surface area (Å²) in [6.45, 7) is 5.88. The van der Waals surface area contributed by atoms with Gasteiger partial charge in [0.1, 0.15) is 5.60 Å². The van der Waals surface area contributed by atoms with Crippen molar-refractivity contribution < 1.29 is 24.2 Å². The Morgan fingerprint density at radius 1 is 1.32 bits per heavy atom. The number of rotatable bonds is 2. The van der Waals surface area contributed by atoms with Crippen molar-refractivity contribution in [2.24, 2.45) is 0 Å². The molecular weight excluding hydrogens is 252 g/mol. The molecule has 2 N–H and O–H groups in total. The summed E-state index contributed by atoms with van der Waals surface area (Å²) in [6, 6.07) is -0.301. The molecule has 19 heavy (non-hydrogen) atoms. The van der Waals surface area contributed by atoms with Crippen molar-refractivity contribution in [3.05, 3.63) is 0 Å². The Bertz CT molecular complexity index is 340. The maximum atomic E-state index is 11.7. The van der Waals surface area contributed by atoms with E-state index in [1.54, 1.807) is 20.8 Å². The first-order valence-corrected chi connectivity index (χ1v) is 6.21. The summed E-state index contributed by atoms with van der Waals surface area (Å²) < 4.78 is 10.3. The highest BCUT2D eigenvalue weighted by molar-refractivity contribution is 5.69. The van der Waals surface area contributed by atoms with Crippen LogP contribution in [0.1, 0.15) is 27.2 Å². The van der Waals surface area contributed by atoms with E-state index in [2.05, 4.69) is 5.32 Å². The number of carboxylic acid groups (broad SMARTS) is 1. The Morgan fingerprint density at radius 2 is 1.95 bits per heavy atom. The van der Waals surface area contributed by atoms with Crippen LogP contribution in [-0.2, 0) is 9.47 Å². The van der Waals surface area contributed by atoms with Crippen molar-refractivity contribution in [3.63, 3.8) is 0 Å². The van der Waals surface area contributed by atoms with Crippen molar-refractivity contribution >= 4 is 12.2 Å². The lowest BCUT2D eigenvalue weighted by Crippen LogP contribution is -2.54. The van der Waals surface area contributed by atoms with Crippen LogP contribution in [0.25, 0.3) is 0 Å². The molecular formula is C12H22N2O5. The van der Waals surface area contributed by atoms with Crippen LogP contribution < -0.4 is 5.32 Å². The van der Waals surface area contributed by atoms with Crippen LogP contribution in [0.4, 0.5) is 9.59 Å². The average Bonchev–Trinajstić information content (AvgIpc) is 2.25. The third-order valence-corrected chi connectivity index (χ3v) is 2.74. The van der Waals surface area contributed by atoms with Gasteiger partial charge in [-0.05, 0) is 27.2 Å². The van der Waals surface area contributed by atoms with Crippen LogP contribution in [0.15, 0.2) is 0 Å². The Hall–Kier alpha value is -1.50. The summed E-state index contributed by atoms with van der Waals surface area (Å²) in [7, 11) is 1.53. The first-order valence-electron chi connectivity index (χ1n) is 6.21. The van der Waals surface area contributed by atoms with E-state index in [-0.39, 0.29) is 18.7 Å². The molecule has 0 saturated carbocycles. The number of methoxy groups -OCH3 is 1. The van der Waals surface area contributed by atoms with Crippen molar-refractivity contribution in [2.75, 3.05) is 20.2 Å². The monoisotopic (exact) mass is 274 g/mol. The highest BCUT2D eigenvalue weighted by Gasteiger charge is 2.31. The number of nitrogens with zero attached hydrogens (tertiary/aromatic N) is 1. The molecule has 0 radical (unpaired) electrons. The number of hydrogen-bond donors (Lipinski definition) is 2. The van der Waals surface area contributed by atoms with Crippen LogP contribution in [0, 0.1) is 0 Å². The van der Waals surface area contributed by atoms with E-state index in [1.165, 1.54) is 12.0 Å². The van der Waals surface area contributed by atoms with E-state index in [0.717, 1.165) is 0 Å². The minimum absolute atomic E-state index is 0.218. The Kier molecular flexibility index (Phi) is 4.99. The number of carbonyl (C=O) groups is 2. The smallest absolute Gasteiger partial charge is 0.407 e. The lowest BCUT2D eigenvalue weighted by atomic mass is 10.0. The van der Waals surface area contributed by atoms with Gasteiger partial charge in [-0.15, -0.1) is 0 Å². The predicted octanol–water partition coefficient (Wildman–Crippen LogP) is 1.28. The van der Waals surface area contributed by atoms with Gasteiger partial charge in [0.15, 0.2) is 0 Å². The second kappa shape index (κ2) is 6.10.